The first kappa shape index (κ1) is 14.5. The van der Waals surface area contributed by atoms with Gasteiger partial charge in [0, 0.05) is 0 Å². The van der Waals surface area contributed by atoms with Crippen molar-refractivity contribution in [1.82, 2.24) is 20.0 Å². The summed E-state index contributed by atoms with van der Waals surface area (Å²) in [4.78, 5) is 16.8. The van der Waals surface area contributed by atoms with E-state index in [1.807, 2.05) is 55.5 Å². The molecule has 1 amide bonds. The number of hydrogen-bond acceptors (Lipinski definition) is 5. The highest BCUT2D eigenvalue weighted by Crippen LogP contribution is 2.26. The number of benzene rings is 2. The molecule has 2 heterocycles. The summed E-state index contributed by atoms with van der Waals surface area (Å²) in [6, 6.07) is 15.5. The van der Waals surface area contributed by atoms with Crippen molar-refractivity contribution in [3.05, 3.63) is 66.0 Å². The molecule has 4 rings (SSSR count). The van der Waals surface area contributed by atoms with Crippen molar-refractivity contribution in [2.75, 3.05) is 5.32 Å². The molecule has 6 nitrogen and oxygen atoms in total. The maximum atomic E-state index is 12.3. The van der Waals surface area contributed by atoms with Crippen LogP contribution in [0, 0.1) is 6.92 Å². The third-order valence-corrected chi connectivity index (χ3v) is 4.44. The van der Waals surface area contributed by atoms with Gasteiger partial charge in [-0.25, -0.2) is 9.67 Å². The van der Waals surface area contributed by atoms with Crippen molar-refractivity contribution in [2.45, 2.75) is 6.92 Å². The van der Waals surface area contributed by atoms with Gasteiger partial charge in [0.25, 0.3) is 5.91 Å². The summed E-state index contributed by atoms with van der Waals surface area (Å²) in [7, 11) is 0. The van der Waals surface area contributed by atoms with Crippen molar-refractivity contribution >= 4 is 32.6 Å². The molecule has 0 aliphatic carbocycles. The van der Waals surface area contributed by atoms with Crippen molar-refractivity contribution in [2.24, 2.45) is 0 Å². The zero-order chi connectivity index (χ0) is 16.5. The quantitative estimate of drug-likeness (QED) is 0.622. The monoisotopic (exact) mass is 335 g/mol. The number of aromatic nitrogens is 4. The Bertz CT molecular complexity index is 1020. The van der Waals surface area contributed by atoms with Crippen LogP contribution in [0.25, 0.3) is 15.9 Å². The first-order chi connectivity index (χ1) is 11.7. The first-order valence-corrected chi connectivity index (χ1v) is 8.17. The number of thiazole rings is 1. The van der Waals surface area contributed by atoms with Crippen LogP contribution < -0.4 is 5.32 Å². The normalized spacial score (nSPS) is 10.9. The lowest BCUT2D eigenvalue weighted by Crippen LogP contribution is -2.12. The topological polar surface area (TPSA) is 72.7 Å². The molecule has 24 heavy (non-hydrogen) atoms. The maximum absolute atomic E-state index is 12.3. The number of amides is 1. The Morgan fingerprint density at radius 3 is 2.83 bits per heavy atom. The molecule has 2 aromatic heterocycles. The van der Waals surface area contributed by atoms with Crippen LogP contribution in [-0.4, -0.2) is 25.9 Å². The van der Waals surface area contributed by atoms with Gasteiger partial charge in [-0.3, -0.25) is 10.1 Å². The van der Waals surface area contributed by atoms with Gasteiger partial charge in [-0.05, 0) is 36.8 Å². The lowest BCUT2D eigenvalue weighted by Gasteiger charge is -1.98. The minimum atomic E-state index is -0.326. The lowest BCUT2D eigenvalue weighted by molar-refractivity contribution is 0.102. The highest BCUT2D eigenvalue weighted by atomic mass is 32.1. The summed E-state index contributed by atoms with van der Waals surface area (Å²) in [5.74, 6) is -0.326. The molecule has 0 aliphatic heterocycles. The van der Waals surface area contributed by atoms with Crippen LogP contribution in [0.1, 0.15) is 16.1 Å². The molecule has 4 aromatic rings. The molecule has 0 saturated heterocycles. The fourth-order valence-electron chi connectivity index (χ4n) is 2.32. The van der Waals surface area contributed by atoms with Gasteiger partial charge in [-0.15, -0.1) is 5.10 Å². The Balaban J connectivity index is 1.56. The predicted molar refractivity (Wildman–Crippen MR) is 93.7 cm³/mol. The lowest BCUT2D eigenvalue weighted by atomic mass is 10.2. The largest absolute Gasteiger partial charge is 0.296 e. The van der Waals surface area contributed by atoms with Crippen LogP contribution in [0.15, 0.2) is 54.7 Å². The van der Waals surface area contributed by atoms with Crippen LogP contribution in [0.3, 0.4) is 0 Å². The third-order valence-electron chi connectivity index (χ3n) is 3.51. The van der Waals surface area contributed by atoms with Crippen LogP contribution in [0.5, 0.6) is 0 Å². The summed E-state index contributed by atoms with van der Waals surface area (Å²) < 4.78 is 2.61. The number of carbonyl (C=O) groups is 1. The van der Waals surface area contributed by atoms with Crippen molar-refractivity contribution < 1.29 is 4.79 Å². The van der Waals surface area contributed by atoms with Gasteiger partial charge in [0.15, 0.2) is 10.8 Å². The Hall–Kier alpha value is -3.06. The Morgan fingerprint density at radius 2 is 2.00 bits per heavy atom. The van der Waals surface area contributed by atoms with Crippen molar-refractivity contribution in [3.8, 4) is 5.69 Å². The van der Waals surface area contributed by atoms with E-state index in [-0.39, 0.29) is 11.6 Å². The minimum Gasteiger partial charge on any atom is -0.296 e. The van der Waals surface area contributed by atoms with Gasteiger partial charge in [-0.1, -0.05) is 40.8 Å². The molecule has 0 spiro atoms. The Morgan fingerprint density at radius 1 is 1.17 bits per heavy atom. The summed E-state index contributed by atoms with van der Waals surface area (Å²) in [6.45, 7) is 2.03. The molecule has 118 valence electrons. The number of anilines is 1. The van der Waals surface area contributed by atoms with E-state index >= 15 is 0 Å². The highest BCUT2D eigenvalue weighted by Gasteiger charge is 2.14. The second-order valence-electron chi connectivity index (χ2n) is 5.33. The molecule has 0 atom stereocenters. The van der Waals surface area contributed by atoms with Crippen LogP contribution in [0.2, 0.25) is 0 Å². The standard InChI is InChI=1S/C17H13N5OS/c1-11-7-8-13-15(9-11)24-17(18-13)19-16(23)14-10-22(21-20-14)12-5-3-2-4-6-12/h2-10H,1H3,(H,18,19,23). The summed E-state index contributed by atoms with van der Waals surface area (Å²) in [6.07, 6.45) is 1.60. The van der Waals surface area contributed by atoms with E-state index < -0.39 is 0 Å². The van der Waals surface area contributed by atoms with E-state index in [1.165, 1.54) is 11.3 Å². The zero-order valence-electron chi connectivity index (χ0n) is 12.8. The van der Waals surface area contributed by atoms with Crippen LogP contribution in [-0.2, 0) is 0 Å². The average molecular weight is 335 g/mol. The number of carbonyl (C=O) groups excluding carboxylic acids is 1. The van der Waals surface area contributed by atoms with E-state index in [2.05, 4.69) is 20.6 Å². The maximum Gasteiger partial charge on any atom is 0.279 e. The second-order valence-corrected chi connectivity index (χ2v) is 6.36. The molecular formula is C17H13N5OS. The fraction of sp³-hybridized carbons (Fsp3) is 0.0588. The smallest absolute Gasteiger partial charge is 0.279 e. The number of aryl methyl sites for hydroxylation is 1. The molecule has 0 bridgehead atoms. The SMILES string of the molecule is Cc1ccc2nc(NC(=O)c3cn(-c4ccccc4)nn3)sc2c1. The molecule has 0 aliphatic rings. The fourth-order valence-corrected chi connectivity index (χ4v) is 3.28. The van der Waals surface area contributed by atoms with Crippen molar-refractivity contribution in [3.63, 3.8) is 0 Å². The molecular weight excluding hydrogens is 322 g/mol. The van der Waals surface area contributed by atoms with Gasteiger partial charge < -0.3 is 0 Å². The average Bonchev–Trinajstić information content (AvgIpc) is 3.22. The Labute approximate surface area is 141 Å². The predicted octanol–water partition coefficient (Wildman–Crippen LogP) is 3.44. The van der Waals surface area contributed by atoms with E-state index in [0.717, 1.165) is 21.5 Å². The molecule has 1 N–H and O–H groups in total. The third kappa shape index (κ3) is 2.77. The van der Waals surface area contributed by atoms with Crippen LogP contribution in [0.4, 0.5) is 5.13 Å². The molecule has 0 radical (unpaired) electrons. The minimum absolute atomic E-state index is 0.245. The van der Waals surface area contributed by atoms with E-state index in [0.29, 0.717) is 5.13 Å². The summed E-state index contributed by atoms with van der Waals surface area (Å²) >= 11 is 1.44. The molecule has 7 heteroatoms. The molecule has 2 aromatic carbocycles. The number of para-hydroxylation sites is 1. The summed E-state index contributed by atoms with van der Waals surface area (Å²) in [5.41, 5.74) is 3.12. The molecule has 0 unspecified atom stereocenters. The van der Waals surface area contributed by atoms with Gasteiger partial charge in [0.2, 0.25) is 0 Å². The van der Waals surface area contributed by atoms with Gasteiger partial charge in [0.1, 0.15) is 0 Å². The molecule has 0 saturated carbocycles. The molecule has 0 fully saturated rings. The number of nitrogens with zero attached hydrogens (tertiary/aromatic N) is 4. The summed E-state index contributed by atoms with van der Waals surface area (Å²) in [5, 5.41) is 11.3. The number of fused-ring (bicyclic) bond motifs is 1. The van der Waals surface area contributed by atoms with Crippen LogP contribution >= 0.6 is 11.3 Å². The zero-order valence-corrected chi connectivity index (χ0v) is 13.6. The first-order valence-electron chi connectivity index (χ1n) is 7.35. The van der Waals surface area contributed by atoms with Gasteiger partial charge >= 0.3 is 0 Å². The highest BCUT2D eigenvalue weighted by molar-refractivity contribution is 7.22. The Kier molecular flexibility index (Phi) is 3.55. The van der Waals surface area contributed by atoms with E-state index in [1.54, 1.807) is 10.9 Å². The number of nitrogens with one attached hydrogen (secondary N) is 1. The second kappa shape index (κ2) is 5.86. The van der Waals surface area contributed by atoms with E-state index in [9.17, 15) is 4.79 Å². The van der Waals surface area contributed by atoms with Gasteiger partial charge in [0.05, 0.1) is 22.1 Å². The van der Waals surface area contributed by atoms with Gasteiger partial charge in [-0.2, -0.15) is 0 Å². The number of rotatable bonds is 3. The van der Waals surface area contributed by atoms with E-state index in [4.69, 9.17) is 0 Å². The number of hydrogen-bond donors (Lipinski definition) is 1. The van der Waals surface area contributed by atoms with Crippen molar-refractivity contribution in [1.29, 1.82) is 0 Å².